The van der Waals surface area contributed by atoms with E-state index in [4.69, 9.17) is 5.73 Å². The minimum absolute atomic E-state index is 0.143. The van der Waals surface area contributed by atoms with Crippen molar-refractivity contribution < 1.29 is 9.53 Å². The summed E-state index contributed by atoms with van der Waals surface area (Å²) in [6, 6.07) is 0. The van der Waals surface area contributed by atoms with Crippen LogP contribution < -0.4 is 5.73 Å². The van der Waals surface area contributed by atoms with E-state index in [1.54, 1.807) is 17.7 Å². The van der Waals surface area contributed by atoms with Crippen LogP contribution in [0.5, 0.6) is 0 Å². The number of nitrogen functional groups attached to an aromatic ring is 1. The molecule has 0 aliphatic carbocycles. The number of anilines is 1. The van der Waals surface area contributed by atoms with Gasteiger partial charge in [-0.25, -0.2) is 14.8 Å². The molecule has 2 aromatic rings. The van der Waals surface area contributed by atoms with Crippen LogP contribution in [0.25, 0.3) is 0 Å². The zero-order chi connectivity index (χ0) is 14.2. The first-order valence-corrected chi connectivity index (χ1v) is 6.61. The maximum Gasteiger partial charge on any atom is 0.360 e. The normalized spacial score (nSPS) is 11.6. The fraction of sp³-hybridized carbons (Fsp3) is 0.417. The summed E-state index contributed by atoms with van der Waals surface area (Å²) in [6.07, 6.45) is 1.74. The van der Waals surface area contributed by atoms with Crippen molar-refractivity contribution >= 4 is 23.1 Å². The Bertz CT molecular complexity index is 602. The molecule has 0 atom stereocenters. The van der Waals surface area contributed by atoms with Crippen LogP contribution >= 0.6 is 11.3 Å². The Labute approximate surface area is 115 Å². The Kier molecular flexibility index (Phi) is 3.32. The lowest BCUT2D eigenvalue weighted by molar-refractivity contribution is 0.0595. The summed E-state index contributed by atoms with van der Waals surface area (Å²) in [6.45, 7) is 5.77. The molecule has 0 aromatic carbocycles. The number of aromatic nitrogens is 3. The molecule has 6 nitrogen and oxygen atoms in total. The number of ether oxygens (including phenoxy) is 1. The smallest absolute Gasteiger partial charge is 0.360 e. The minimum atomic E-state index is -0.533. The molecule has 0 unspecified atom stereocenters. The van der Waals surface area contributed by atoms with Gasteiger partial charge in [0.2, 0.25) is 0 Å². The number of esters is 1. The second kappa shape index (κ2) is 4.65. The molecule has 2 aromatic heterocycles. The number of rotatable bonds is 3. The molecule has 0 bridgehead atoms. The predicted octanol–water partition coefficient (Wildman–Crippen LogP) is 1.80. The number of hydrogen-bond donors (Lipinski definition) is 1. The monoisotopic (exact) mass is 280 g/mol. The van der Waals surface area contributed by atoms with Crippen LogP contribution in [0.3, 0.4) is 0 Å². The van der Waals surface area contributed by atoms with Crippen molar-refractivity contribution in [3.63, 3.8) is 0 Å². The van der Waals surface area contributed by atoms with Crippen molar-refractivity contribution in [1.29, 1.82) is 0 Å². The Morgan fingerprint density at radius 1 is 1.53 bits per heavy atom. The number of nitrogens with zero attached hydrogens (tertiary/aromatic N) is 3. The van der Waals surface area contributed by atoms with E-state index >= 15 is 0 Å². The molecule has 2 rings (SSSR count). The molecule has 0 saturated carbocycles. The van der Waals surface area contributed by atoms with Gasteiger partial charge >= 0.3 is 5.97 Å². The van der Waals surface area contributed by atoms with Gasteiger partial charge in [0.1, 0.15) is 16.6 Å². The largest absolute Gasteiger partial charge is 0.464 e. The lowest BCUT2D eigenvalue weighted by atomic mass is 10.1. The van der Waals surface area contributed by atoms with Gasteiger partial charge in [-0.15, -0.1) is 11.3 Å². The van der Waals surface area contributed by atoms with Gasteiger partial charge in [-0.2, -0.15) is 0 Å². The zero-order valence-corrected chi connectivity index (χ0v) is 12.1. The highest BCUT2D eigenvalue weighted by atomic mass is 32.1. The SMILES string of the molecule is COC(=O)c1nc(C)n(C(C)(C)c2nccs2)c1N. The fourth-order valence-electron chi connectivity index (χ4n) is 2.12. The summed E-state index contributed by atoms with van der Waals surface area (Å²) in [5.74, 6) is 0.414. The Balaban J connectivity index is 2.57. The molecule has 0 radical (unpaired) electrons. The van der Waals surface area contributed by atoms with Crippen LogP contribution in [0, 0.1) is 6.92 Å². The zero-order valence-electron chi connectivity index (χ0n) is 11.3. The van der Waals surface area contributed by atoms with Gasteiger partial charge in [0.25, 0.3) is 0 Å². The van der Waals surface area contributed by atoms with E-state index < -0.39 is 11.5 Å². The highest BCUT2D eigenvalue weighted by Crippen LogP contribution is 2.32. The third-order valence-corrected chi connectivity index (χ3v) is 4.06. The number of methoxy groups -OCH3 is 1. The molecule has 19 heavy (non-hydrogen) atoms. The first-order valence-electron chi connectivity index (χ1n) is 5.73. The van der Waals surface area contributed by atoms with Gasteiger partial charge in [0, 0.05) is 11.6 Å². The van der Waals surface area contributed by atoms with Gasteiger partial charge in [0.15, 0.2) is 5.69 Å². The van der Waals surface area contributed by atoms with Crippen molar-refractivity contribution in [2.45, 2.75) is 26.3 Å². The highest BCUT2D eigenvalue weighted by molar-refractivity contribution is 7.09. The summed E-state index contributed by atoms with van der Waals surface area (Å²) in [7, 11) is 1.31. The maximum absolute atomic E-state index is 11.6. The molecule has 0 fully saturated rings. The quantitative estimate of drug-likeness (QED) is 0.867. The molecule has 0 spiro atoms. The minimum Gasteiger partial charge on any atom is -0.464 e. The number of imidazole rings is 1. The second-order valence-corrected chi connectivity index (χ2v) is 5.51. The molecule has 7 heteroatoms. The molecule has 0 aliphatic rings. The summed E-state index contributed by atoms with van der Waals surface area (Å²) < 4.78 is 6.48. The molecule has 0 aliphatic heterocycles. The molecular weight excluding hydrogens is 264 g/mol. The summed E-state index contributed by atoms with van der Waals surface area (Å²) in [5.41, 5.74) is 5.72. The van der Waals surface area contributed by atoms with Crippen LogP contribution in [0.4, 0.5) is 5.82 Å². The number of carbonyl (C=O) groups is 1. The Hall–Kier alpha value is -1.89. The van der Waals surface area contributed by atoms with Gasteiger partial charge < -0.3 is 15.0 Å². The molecule has 102 valence electrons. The number of aryl methyl sites for hydroxylation is 1. The average molecular weight is 280 g/mol. The van der Waals surface area contributed by atoms with E-state index in [1.807, 2.05) is 19.2 Å². The fourth-order valence-corrected chi connectivity index (χ4v) is 2.88. The lowest BCUT2D eigenvalue weighted by Gasteiger charge is -2.26. The third kappa shape index (κ3) is 2.10. The second-order valence-electron chi connectivity index (χ2n) is 4.62. The highest BCUT2D eigenvalue weighted by Gasteiger charge is 2.32. The van der Waals surface area contributed by atoms with E-state index in [2.05, 4.69) is 14.7 Å². The van der Waals surface area contributed by atoms with Crippen molar-refractivity contribution in [2.24, 2.45) is 0 Å². The molecular formula is C12H16N4O2S. The first-order chi connectivity index (χ1) is 8.89. The number of carbonyl (C=O) groups excluding carboxylic acids is 1. The molecule has 0 saturated heterocycles. The Morgan fingerprint density at radius 3 is 2.74 bits per heavy atom. The van der Waals surface area contributed by atoms with Crippen LogP contribution in [0.2, 0.25) is 0 Å². The Morgan fingerprint density at radius 2 is 2.21 bits per heavy atom. The van der Waals surface area contributed by atoms with E-state index in [0.29, 0.717) is 11.6 Å². The van der Waals surface area contributed by atoms with Crippen LogP contribution in [0.1, 0.15) is 35.2 Å². The standard InChI is InChI=1S/C12H16N4O2S/c1-7-15-8(10(17)18-4)9(13)16(7)12(2,3)11-14-5-6-19-11/h5-6H,13H2,1-4H3. The van der Waals surface area contributed by atoms with Gasteiger partial charge in [-0.1, -0.05) is 0 Å². The van der Waals surface area contributed by atoms with Crippen LogP contribution in [0.15, 0.2) is 11.6 Å². The van der Waals surface area contributed by atoms with Crippen molar-refractivity contribution in [3.05, 3.63) is 28.1 Å². The lowest BCUT2D eigenvalue weighted by Crippen LogP contribution is -2.30. The number of hydrogen-bond acceptors (Lipinski definition) is 6. The molecule has 0 amide bonds. The van der Waals surface area contributed by atoms with Crippen molar-refractivity contribution in [1.82, 2.24) is 14.5 Å². The van der Waals surface area contributed by atoms with E-state index in [0.717, 1.165) is 5.01 Å². The predicted molar refractivity (Wildman–Crippen MR) is 73.3 cm³/mol. The number of thiazole rings is 1. The van der Waals surface area contributed by atoms with E-state index in [9.17, 15) is 4.79 Å². The summed E-state index contributed by atoms with van der Waals surface area (Å²) in [4.78, 5) is 20.1. The van der Waals surface area contributed by atoms with Gasteiger partial charge in [-0.3, -0.25) is 0 Å². The van der Waals surface area contributed by atoms with E-state index in [-0.39, 0.29) is 5.69 Å². The van der Waals surface area contributed by atoms with Gasteiger partial charge in [0.05, 0.1) is 12.6 Å². The van der Waals surface area contributed by atoms with Crippen LogP contribution in [-0.2, 0) is 10.3 Å². The third-order valence-electron chi connectivity index (χ3n) is 2.97. The summed E-state index contributed by atoms with van der Waals surface area (Å²) in [5, 5.41) is 2.80. The topological polar surface area (TPSA) is 83.0 Å². The van der Waals surface area contributed by atoms with Crippen molar-refractivity contribution in [2.75, 3.05) is 12.8 Å². The summed E-state index contributed by atoms with van der Waals surface area (Å²) >= 11 is 1.53. The first kappa shape index (κ1) is 13.5. The molecule has 2 heterocycles. The maximum atomic E-state index is 11.6. The average Bonchev–Trinajstić information content (AvgIpc) is 2.97. The van der Waals surface area contributed by atoms with Crippen molar-refractivity contribution in [3.8, 4) is 0 Å². The van der Waals surface area contributed by atoms with Gasteiger partial charge in [-0.05, 0) is 20.8 Å². The molecule has 2 N–H and O–H groups in total. The van der Waals surface area contributed by atoms with Crippen LogP contribution in [-0.4, -0.2) is 27.6 Å². The number of nitrogens with two attached hydrogens (primary N) is 1. The van der Waals surface area contributed by atoms with E-state index in [1.165, 1.54) is 18.4 Å².